The van der Waals surface area contributed by atoms with Crippen molar-refractivity contribution < 1.29 is 0 Å². The van der Waals surface area contributed by atoms with E-state index in [-0.39, 0.29) is 0 Å². The number of anilines is 6. The first-order valence-corrected chi connectivity index (χ1v) is 18.7. The third-order valence-corrected chi connectivity index (χ3v) is 10.3. The smallest absolute Gasteiger partial charge is 0.0464 e. The van der Waals surface area contributed by atoms with E-state index < -0.39 is 0 Å². The molecule has 8 rings (SSSR count). The first-order chi connectivity index (χ1) is 26.4. The Hall–Kier alpha value is -6.64. The van der Waals surface area contributed by atoms with E-state index in [1.54, 1.807) is 0 Å². The van der Waals surface area contributed by atoms with E-state index in [0.717, 1.165) is 34.1 Å². The highest BCUT2D eigenvalue weighted by molar-refractivity contribution is 5.84. The van der Waals surface area contributed by atoms with Gasteiger partial charge in [-0.3, -0.25) is 0 Å². The lowest BCUT2D eigenvalue weighted by Crippen LogP contribution is -2.11. The molecule has 0 radical (unpaired) electrons. The Kier molecular flexibility index (Phi) is 9.66. The van der Waals surface area contributed by atoms with E-state index in [4.69, 9.17) is 0 Å². The minimum atomic E-state index is 1.12. The molecule has 0 bridgehead atoms. The number of hydrogen-bond donors (Lipinski definition) is 0. The van der Waals surface area contributed by atoms with Crippen LogP contribution >= 0.6 is 0 Å². The molecule has 0 spiro atoms. The maximum atomic E-state index is 2.35. The van der Waals surface area contributed by atoms with Crippen LogP contribution in [0.3, 0.4) is 0 Å². The standard InChI is InChI=1S/C52H44N2/c1-37-15-23-45(24-16-37)53(47-27-19-43(20-28-47)41-11-7-5-8-12-41)49-31-33-51(39(3)35-49)52-34-32-50(36-40(52)4)54(46-25-17-38(2)18-26-46)48-29-21-44(22-30-48)42-13-9-6-10-14-42/h5-36H,1-4H3. The Morgan fingerprint density at radius 3 is 0.852 bits per heavy atom. The summed E-state index contributed by atoms with van der Waals surface area (Å²) in [5.74, 6) is 0. The summed E-state index contributed by atoms with van der Waals surface area (Å²) in [6, 6.07) is 70.2. The molecule has 2 nitrogen and oxygen atoms in total. The number of hydrogen-bond acceptors (Lipinski definition) is 2. The van der Waals surface area contributed by atoms with E-state index in [1.807, 2.05) is 0 Å². The second-order valence-electron chi connectivity index (χ2n) is 14.2. The van der Waals surface area contributed by atoms with Crippen molar-refractivity contribution in [1.82, 2.24) is 0 Å². The highest BCUT2D eigenvalue weighted by Gasteiger charge is 2.18. The van der Waals surface area contributed by atoms with Gasteiger partial charge in [-0.2, -0.15) is 0 Å². The van der Waals surface area contributed by atoms with Gasteiger partial charge in [-0.25, -0.2) is 0 Å². The average molecular weight is 697 g/mol. The minimum absolute atomic E-state index is 1.12. The molecule has 0 aliphatic heterocycles. The molecule has 0 unspecified atom stereocenters. The second-order valence-corrected chi connectivity index (χ2v) is 14.2. The van der Waals surface area contributed by atoms with Crippen molar-refractivity contribution >= 4 is 34.1 Å². The van der Waals surface area contributed by atoms with Gasteiger partial charge in [0, 0.05) is 34.1 Å². The van der Waals surface area contributed by atoms with Gasteiger partial charge in [0.05, 0.1) is 0 Å². The van der Waals surface area contributed by atoms with Crippen LogP contribution in [-0.4, -0.2) is 0 Å². The van der Waals surface area contributed by atoms with E-state index in [1.165, 1.54) is 55.6 Å². The van der Waals surface area contributed by atoms with Gasteiger partial charge in [0.1, 0.15) is 0 Å². The summed E-state index contributed by atoms with van der Waals surface area (Å²) in [5.41, 5.74) is 19.0. The Morgan fingerprint density at radius 2 is 0.537 bits per heavy atom. The minimum Gasteiger partial charge on any atom is -0.310 e. The Labute approximate surface area is 320 Å². The van der Waals surface area contributed by atoms with Crippen LogP contribution in [0, 0.1) is 27.7 Å². The molecule has 0 fully saturated rings. The van der Waals surface area contributed by atoms with Crippen molar-refractivity contribution in [2.75, 3.05) is 9.80 Å². The van der Waals surface area contributed by atoms with Crippen molar-refractivity contribution in [1.29, 1.82) is 0 Å². The zero-order chi connectivity index (χ0) is 37.0. The van der Waals surface area contributed by atoms with Crippen molar-refractivity contribution in [2.24, 2.45) is 0 Å². The molecule has 0 saturated heterocycles. The zero-order valence-corrected chi connectivity index (χ0v) is 31.4. The third kappa shape index (κ3) is 7.20. The molecular weight excluding hydrogens is 653 g/mol. The van der Waals surface area contributed by atoms with Crippen LogP contribution in [0.4, 0.5) is 34.1 Å². The fourth-order valence-corrected chi connectivity index (χ4v) is 7.33. The van der Waals surface area contributed by atoms with Gasteiger partial charge in [0.15, 0.2) is 0 Å². The van der Waals surface area contributed by atoms with E-state index in [9.17, 15) is 0 Å². The van der Waals surface area contributed by atoms with Crippen LogP contribution in [-0.2, 0) is 0 Å². The predicted molar refractivity (Wildman–Crippen MR) is 231 cm³/mol. The summed E-state index contributed by atoms with van der Waals surface area (Å²) in [5, 5.41) is 0. The summed E-state index contributed by atoms with van der Waals surface area (Å²) >= 11 is 0. The molecule has 0 N–H and O–H groups in total. The first-order valence-electron chi connectivity index (χ1n) is 18.7. The molecule has 2 heteroatoms. The van der Waals surface area contributed by atoms with Gasteiger partial charge in [0.25, 0.3) is 0 Å². The highest BCUT2D eigenvalue weighted by Crippen LogP contribution is 2.41. The monoisotopic (exact) mass is 696 g/mol. The lowest BCUT2D eigenvalue weighted by Gasteiger charge is -2.28. The molecule has 8 aromatic carbocycles. The van der Waals surface area contributed by atoms with Gasteiger partial charge in [-0.05, 0) is 145 Å². The van der Waals surface area contributed by atoms with Gasteiger partial charge < -0.3 is 9.80 Å². The molecule has 0 aliphatic carbocycles. The third-order valence-electron chi connectivity index (χ3n) is 10.3. The molecule has 0 atom stereocenters. The fraction of sp³-hybridized carbons (Fsp3) is 0.0769. The van der Waals surface area contributed by atoms with Gasteiger partial charge in [0.2, 0.25) is 0 Å². The fourth-order valence-electron chi connectivity index (χ4n) is 7.33. The Bertz CT molecular complexity index is 2300. The molecule has 0 amide bonds. The molecule has 262 valence electrons. The van der Waals surface area contributed by atoms with Crippen LogP contribution in [0.15, 0.2) is 194 Å². The highest BCUT2D eigenvalue weighted by atomic mass is 15.1. The number of benzene rings is 8. The van der Waals surface area contributed by atoms with Crippen LogP contribution < -0.4 is 9.80 Å². The van der Waals surface area contributed by atoms with Crippen molar-refractivity contribution in [3.63, 3.8) is 0 Å². The average Bonchev–Trinajstić information content (AvgIpc) is 3.21. The maximum Gasteiger partial charge on any atom is 0.0464 e. The lowest BCUT2D eigenvalue weighted by atomic mass is 9.95. The summed E-state index contributed by atoms with van der Waals surface area (Å²) in [6.45, 7) is 8.73. The van der Waals surface area contributed by atoms with Crippen LogP contribution in [0.5, 0.6) is 0 Å². The first kappa shape index (κ1) is 34.4. The molecule has 0 saturated carbocycles. The number of aryl methyl sites for hydroxylation is 4. The van der Waals surface area contributed by atoms with Crippen molar-refractivity contribution in [2.45, 2.75) is 27.7 Å². The number of rotatable bonds is 9. The van der Waals surface area contributed by atoms with Crippen molar-refractivity contribution in [3.8, 4) is 33.4 Å². The lowest BCUT2D eigenvalue weighted by molar-refractivity contribution is 1.25. The molecular formula is C52H44N2. The molecule has 8 aromatic rings. The van der Waals surface area contributed by atoms with E-state index in [2.05, 4.69) is 232 Å². The Morgan fingerprint density at radius 1 is 0.259 bits per heavy atom. The van der Waals surface area contributed by atoms with Crippen LogP contribution in [0.2, 0.25) is 0 Å². The predicted octanol–water partition coefficient (Wildman–Crippen LogP) is 14.9. The molecule has 0 heterocycles. The normalized spacial score (nSPS) is 11.0. The number of nitrogens with zero attached hydrogens (tertiary/aromatic N) is 2. The summed E-state index contributed by atoms with van der Waals surface area (Å²) in [6.07, 6.45) is 0. The van der Waals surface area contributed by atoms with Crippen molar-refractivity contribution in [3.05, 3.63) is 216 Å². The van der Waals surface area contributed by atoms with E-state index >= 15 is 0 Å². The van der Waals surface area contributed by atoms with Gasteiger partial charge >= 0.3 is 0 Å². The molecule has 54 heavy (non-hydrogen) atoms. The molecule has 0 aliphatic rings. The Balaban J connectivity index is 1.13. The summed E-state index contributed by atoms with van der Waals surface area (Å²) in [7, 11) is 0. The topological polar surface area (TPSA) is 6.48 Å². The quantitative estimate of drug-likeness (QED) is 0.148. The van der Waals surface area contributed by atoms with Crippen LogP contribution in [0.25, 0.3) is 33.4 Å². The second kappa shape index (κ2) is 15.1. The maximum absolute atomic E-state index is 2.35. The van der Waals surface area contributed by atoms with E-state index in [0.29, 0.717) is 0 Å². The van der Waals surface area contributed by atoms with Gasteiger partial charge in [-0.15, -0.1) is 0 Å². The largest absolute Gasteiger partial charge is 0.310 e. The summed E-state index contributed by atoms with van der Waals surface area (Å²) < 4.78 is 0. The molecule has 0 aromatic heterocycles. The van der Waals surface area contributed by atoms with Gasteiger partial charge in [-0.1, -0.05) is 132 Å². The zero-order valence-electron chi connectivity index (χ0n) is 31.4. The summed E-state index contributed by atoms with van der Waals surface area (Å²) in [4.78, 5) is 4.70. The SMILES string of the molecule is Cc1ccc(N(c2ccc(-c3ccccc3)cc2)c2ccc(-c3ccc(N(c4ccc(C)cc4)c4ccc(-c5ccccc5)cc4)cc3C)c(C)c2)cc1. The van der Waals surface area contributed by atoms with Crippen LogP contribution in [0.1, 0.15) is 22.3 Å².